The van der Waals surface area contributed by atoms with Gasteiger partial charge in [-0.15, -0.1) is 0 Å². The zero-order chi connectivity index (χ0) is 16.1. The van der Waals surface area contributed by atoms with E-state index in [9.17, 15) is 4.79 Å². The molecule has 0 saturated carbocycles. The Bertz CT molecular complexity index is 666. The third-order valence-electron chi connectivity index (χ3n) is 2.69. The summed E-state index contributed by atoms with van der Waals surface area (Å²) in [5.74, 6) is 0.592. The zero-order valence-electron chi connectivity index (χ0n) is 11.5. The number of furan rings is 1. The van der Waals surface area contributed by atoms with Crippen LogP contribution in [0.1, 0.15) is 16.1 Å². The van der Waals surface area contributed by atoms with Gasteiger partial charge in [0.05, 0.1) is 30.0 Å². The van der Waals surface area contributed by atoms with E-state index in [1.165, 1.54) is 19.2 Å². The molecule has 0 saturated heterocycles. The van der Waals surface area contributed by atoms with Gasteiger partial charge in [-0.05, 0) is 36.5 Å². The van der Waals surface area contributed by atoms with Gasteiger partial charge in [-0.3, -0.25) is 10.1 Å². The molecule has 0 spiro atoms. The highest BCUT2D eigenvalue weighted by molar-refractivity contribution is 7.80. The Labute approximate surface area is 142 Å². The summed E-state index contributed by atoms with van der Waals surface area (Å²) in [7, 11) is 1.44. The number of carbonyl (C=O) groups excluding carboxylic acids is 1. The Hall–Kier alpha value is -1.76. The molecule has 116 valence electrons. The quantitative estimate of drug-likeness (QED) is 0.820. The minimum atomic E-state index is -0.427. The van der Waals surface area contributed by atoms with Crippen molar-refractivity contribution in [2.45, 2.75) is 6.54 Å². The molecule has 0 radical (unpaired) electrons. The van der Waals surface area contributed by atoms with Crippen LogP contribution in [0, 0.1) is 0 Å². The van der Waals surface area contributed by atoms with Gasteiger partial charge in [0, 0.05) is 5.56 Å². The lowest BCUT2D eigenvalue weighted by atomic mass is 10.2. The van der Waals surface area contributed by atoms with Crippen LogP contribution in [0.2, 0.25) is 10.0 Å². The number of halogens is 2. The Balaban J connectivity index is 1.98. The number of carbonyl (C=O) groups is 1. The van der Waals surface area contributed by atoms with E-state index >= 15 is 0 Å². The predicted octanol–water partition coefficient (Wildman–Crippen LogP) is 3.40. The zero-order valence-corrected chi connectivity index (χ0v) is 13.8. The van der Waals surface area contributed by atoms with Crippen LogP contribution >= 0.6 is 35.4 Å². The smallest absolute Gasteiger partial charge is 0.257 e. The van der Waals surface area contributed by atoms with E-state index in [1.54, 1.807) is 18.4 Å². The van der Waals surface area contributed by atoms with Crippen LogP contribution in [-0.4, -0.2) is 18.1 Å². The van der Waals surface area contributed by atoms with Gasteiger partial charge in [0.15, 0.2) is 10.9 Å². The maximum atomic E-state index is 12.1. The highest BCUT2D eigenvalue weighted by Gasteiger charge is 2.14. The Morgan fingerprint density at radius 3 is 2.59 bits per heavy atom. The van der Waals surface area contributed by atoms with Crippen LogP contribution in [0.15, 0.2) is 34.9 Å². The van der Waals surface area contributed by atoms with Crippen molar-refractivity contribution in [1.82, 2.24) is 10.6 Å². The number of thiocarbonyl (C=S) groups is 1. The first-order chi connectivity index (χ1) is 10.5. The van der Waals surface area contributed by atoms with Crippen molar-refractivity contribution in [3.63, 3.8) is 0 Å². The fourth-order valence-electron chi connectivity index (χ4n) is 1.69. The van der Waals surface area contributed by atoms with Crippen LogP contribution < -0.4 is 15.4 Å². The summed E-state index contributed by atoms with van der Waals surface area (Å²) in [5.41, 5.74) is 0.276. The lowest BCUT2D eigenvalue weighted by molar-refractivity contribution is 0.0976. The van der Waals surface area contributed by atoms with E-state index in [2.05, 4.69) is 10.6 Å². The summed E-state index contributed by atoms with van der Waals surface area (Å²) >= 11 is 17.0. The highest BCUT2D eigenvalue weighted by atomic mass is 35.5. The monoisotopic (exact) mass is 358 g/mol. The first-order valence-electron chi connectivity index (χ1n) is 6.16. The van der Waals surface area contributed by atoms with Gasteiger partial charge in [0.25, 0.3) is 5.91 Å². The molecule has 8 heteroatoms. The molecular weight excluding hydrogens is 347 g/mol. The van der Waals surface area contributed by atoms with Crippen LogP contribution in [0.4, 0.5) is 0 Å². The van der Waals surface area contributed by atoms with Crippen molar-refractivity contribution >= 4 is 46.4 Å². The van der Waals surface area contributed by atoms with Gasteiger partial charge in [-0.25, -0.2) is 0 Å². The fraction of sp³-hybridized carbons (Fsp3) is 0.143. The second-order valence-electron chi connectivity index (χ2n) is 4.19. The van der Waals surface area contributed by atoms with Gasteiger partial charge < -0.3 is 14.5 Å². The maximum Gasteiger partial charge on any atom is 0.257 e. The Morgan fingerprint density at radius 1 is 1.36 bits per heavy atom. The molecule has 0 bridgehead atoms. The maximum absolute atomic E-state index is 12.1. The molecule has 0 fully saturated rings. The van der Waals surface area contributed by atoms with Crippen molar-refractivity contribution in [1.29, 1.82) is 0 Å². The number of rotatable bonds is 4. The number of ether oxygens (including phenoxy) is 1. The largest absolute Gasteiger partial charge is 0.494 e. The van der Waals surface area contributed by atoms with Gasteiger partial charge in [0.2, 0.25) is 0 Å². The van der Waals surface area contributed by atoms with Gasteiger partial charge in [0.1, 0.15) is 5.76 Å². The molecule has 2 N–H and O–H groups in total. The van der Waals surface area contributed by atoms with Crippen molar-refractivity contribution in [2.75, 3.05) is 7.11 Å². The van der Waals surface area contributed by atoms with Crippen LogP contribution in [0.25, 0.3) is 0 Å². The minimum absolute atomic E-state index is 0.171. The first-order valence-corrected chi connectivity index (χ1v) is 7.32. The molecule has 1 amide bonds. The molecule has 1 aromatic carbocycles. The van der Waals surface area contributed by atoms with Crippen molar-refractivity contribution in [3.8, 4) is 5.75 Å². The summed E-state index contributed by atoms with van der Waals surface area (Å²) < 4.78 is 10.2. The molecule has 1 heterocycles. The molecule has 2 aromatic rings. The summed E-state index contributed by atoms with van der Waals surface area (Å²) in [6, 6.07) is 6.47. The number of hydrogen-bond donors (Lipinski definition) is 2. The third-order valence-corrected chi connectivity index (χ3v) is 3.50. The predicted molar refractivity (Wildman–Crippen MR) is 88.6 cm³/mol. The van der Waals surface area contributed by atoms with Gasteiger partial charge in [-0.1, -0.05) is 23.2 Å². The Kier molecular flexibility index (Phi) is 5.65. The molecule has 1 aromatic heterocycles. The van der Waals surface area contributed by atoms with E-state index in [0.29, 0.717) is 18.1 Å². The average Bonchev–Trinajstić information content (AvgIpc) is 2.98. The second-order valence-corrected chi connectivity index (χ2v) is 5.41. The summed E-state index contributed by atoms with van der Waals surface area (Å²) in [6.45, 7) is 0.371. The molecule has 0 aliphatic carbocycles. The lowest BCUT2D eigenvalue weighted by Crippen LogP contribution is -2.38. The van der Waals surface area contributed by atoms with Crippen LogP contribution in [0.3, 0.4) is 0 Å². The van der Waals surface area contributed by atoms with E-state index in [1.807, 2.05) is 0 Å². The number of hydrogen-bond acceptors (Lipinski definition) is 4. The van der Waals surface area contributed by atoms with E-state index < -0.39 is 5.91 Å². The normalized spacial score (nSPS) is 10.1. The van der Waals surface area contributed by atoms with E-state index in [0.717, 1.165) is 0 Å². The van der Waals surface area contributed by atoms with Crippen LogP contribution in [-0.2, 0) is 6.54 Å². The van der Waals surface area contributed by atoms with Crippen molar-refractivity contribution in [3.05, 3.63) is 51.9 Å². The molecule has 0 unspecified atom stereocenters. The molecule has 0 atom stereocenters. The molecule has 5 nitrogen and oxygen atoms in total. The van der Waals surface area contributed by atoms with Crippen molar-refractivity contribution < 1.29 is 13.9 Å². The van der Waals surface area contributed by atoms with E-state index in [4.69, 9.17) is 44.6 Å². The summed E-state index contributed by atoms with van der Waals surface area (Å²) in [5, 5.41) is 6.05. The first kappa shape index (κ1) is 16.6. The third kappa shape index (κ3) is 4.13. The highest BCUT2D eigenvalue weighted by Crippen LogP contribution is 2.33. The number of benzene rings is 1. The average molecular weight is 359 g/mol. The topological polar surface area (TPSA) is 63.5 Å². The molecule has 2 rings (SSSR count). The minimum Gasteiger partial charge on any atom is -0.494 e. The van der Waals surface area contributed by atoms with E-state index in [-0.39, 0.29) is 20.7 Å². The lowest BCUT2D eigenvalue weighted by Gasteiger charge is -2.11. The van der Waals surface area contributed by atoms with Crippen molar-refractivity contribution in [2.24, 2.45) is 0 Å². The van der Waals surface area contributed by atoms with Gasteiger partial charge in [-0.2, -0.15) is 0 Å². The number of amides is 1. The SMILES string of the molecule is COc1c(Cl)cc(C(=O)NC(=S)NCc2ccco2)cc1Cl. The molecule has 22 heavy (non-hydrogen) atoms. The summed E-state index contributed by atoms with van der Waals surface area (Å²) in [6.07, 6.45) is 1.56. The van der Waals surface area contributed by atoms with Gasteiger partial charge >= 0.3 is 0 Å². The summed E-state index contributed by atoms with van der Waals surface area (Å²) in [4.78, 5) is 12.1. The second kappa shape index (κ2) is 7.49. The molecule has 0 aliphatic rings. The molecular formula is C14H12Cl2N2O3S. The number of nitrogens with one attached hydrogen (secondary N) is 2. The number of methoxy groups -OCH3 is 1. The van der Waals surface area contributed by atoms with Crippen LogP contribution in [0.5, 0.6) is 5.75 Å². The standard InChI is InChI=1S/C14H12Cl2N2O3S/c1-20-12-10(15)5-8(6-11(12)16)13(19)18-14(22)17-7-9-3-2-4-21-9/h2-6H,7H2,1H3,(H2,17,18,19,22). The molecule has 0 aliphatic heterocycles. The fourth-order valence-corrected chi connectivity index (χ4v) is 2.49. The Morgan fingerprint density at radius 2 is 2.05 bits per heavy atom.